The molecule has 0 saturated carbocycles. The van der Waals surface area contributed by atoms with Crippen molar-refractivity contribution in [2.45, 2.75) is 0 Å². The lowest BCUT2D eigenvalue weighted by Gasteiger charge is -2.26. The minimum atomic E-state index is 0.436. The predicted octanol–water partition coefficient (Wildman–Crippen LogP) is 18.0. The summed E-state index contributed by atoms with van der Waals surface area (Å²) in [7, 11) is 0. The molecule has 70 heavy (non-hydrogen) atoms. The fourth-order valence-electron chi connectivity index (χ4n) is 11.6. The van der Waals surface area contributed by atoms with E-state index in [-0.39, 0.29) is 0 Å². The molecule has 15 aromatic rings. The summed E-state index contributed by atoms with van der Waals surface area (Å²) in [5.41, 5.74) is 9.41. The third kappa shape index (κ3) is 5.32. The molecular formula is C64H34N4S2. The van der Waals surface area contributed by atoms with E-state index in [1.54, 1.807) is 0 Å². The molecule has 0 N–H and O–H groups in total. The van der Waals surface area contributed by atoms with E-state index in [4.69, 9.17) is 0 Å². The third-order valence-electron chi connectivity index (χ3n) is 14.6. The zero-order chi connectivity index (χ0) is 46.2. The number of nitriles is 2. The van der Waals surface area contributed by atoms with Crippen molar-refractivity contribution in [3.8, 4) is 45.8 Å². The second-order valence-electron chi connectivity index (χ2n) is 18.1. The van der Waals surface area contributed by atoms with Crippen molar-refractivity contribution in [2.24, 2.45) is 0 Å². The Kier molecular flexibility index (Phi) is 8.21. The summed E-state index contributed by atoms with van der Waals surface area (Å²) in [6.07, 6.45) is 0. The molecule has 11 aromatic carbocycles. The highest BCUT2D eigenvalue weighted by Crippen LogP contribution is 2.52. The first kappa shape index (κ1) is 39.0. The monoisotopic (exact) mass is 922 g/mol. The van der Waals surface area contributed by atoms with Crippen molar-refractivity contribution in [1.29, 1.82) is 10.5 Å². The Labute approximate surface area is 408 Å². The van der Waals surface area contributed by atoms with Crippen LogP contribution < -0.4 is 0 Å². The van der Waals surface area contributed by atoms with E-state index in [1.165, 1.54) is 40.3 Å². The number of rotatable bonds is 4. The summed E-state index contributed by atoms with van der Waals surface area (Å²) in [5.74, 6) is 0. The highest BCUT2D eigenvalue weighted by atomic mass is 32.1. The number of para-hydroxylation sites is 2. The molecule has 15 rings (SSSR count). The van der Waals surface area contributed by atoms with Crippen molar-refractivity contribution in [3.05, 3.63) is 217 Å². The summed E-state index contributed by atoms with van der Waals surface area (Å²) in [6.45, 7) is 0. The van der Waals surface area contributed by atoms with E-state index in [2.05, 4.69) is 215 Å². The van der Waals surface area contributed by atoms with Gasteiger partial charge in [-0.3, -0.25) is 0 Å². The molecular weight excluding hydrogens is 889 g/mol. The zero-order valence-corrected chi connectivity index (χ0v) is 38.9. The molecule has 4 nitrogen and oxygen atoms in total. The summed E-state index contributed by atoms with van der Waals surface area (Å²) in [5, 5.41) is 37.9. The molecule has 0 aliphatic carbocycles. The largest absolute Gasteiger partial charge is 0.307 e. The third-order valence-corrected chi connectivity index (χ3v) is 17.0. The van der Waals surface area contributed by atoms with Crippen LogP contribution in [0.3, 0.4) is 0 Å². The Morgan fingerprint density at radius 1 is 0.329 bits per heavy atom. The maximum Gasteiger partial charge on any atom is 0.102 e. The second kappa shape index (κ2) is 14.7. The molecule has 0 aliphatic heterocycles. The number of thiophene rings is 2. The zero-order valence-electron chi connectivity index (χ0n) is 37.2. The van der Waals surface area contributed by atoms with E-state index >= 15 is 0 Å². The van der Waals surface area contributed by atoms with E-state index in [0.29, 0.717) is 16.7 Å². The smallest absolute Gasteiger partial charge is 0.102 e. The lowest BCUT2D eigenvalue weighted by Crippen LogP contribution is -2.11. The van der Waals surface area contributed by atoms with Gasteiger partial charge in [-0.25, -0.2) is 0 Å². The van der Waals surface area contributed by atoms with Gasteiger partial charge in [0.2, 0.25) is 0 Å². The molecule has 0 saturated heterocycles. The normalized spacial score (nSPS) is 12.0. The van der Waals surface area contributed by atoms with Gasteiger partial charge in [-0.1, -0.05) is 158 Å². The molecule has 322 valence electrons. The first-order valence-electron chi connectivity index (χ1n) is 23.4. The van der Waals surface area contributed by atoms with Gasteiger partial charge in [-0.2, -0.15) is 10.5 Å². The average Bonchev–Trinajstić information content (AvgIpc) is 4.17. The Bertz CT molecular complexity index is 4640. The van der Waals surface area contributed by atoms with Crippen LogP contribution in [-0.4, -0.2) is 9.13 Å². The molecule has 0 unspecified atom stereocenters. The summed E-state index contributed by atoms with van der Waals surface area (Å²) in [4.78, 5) is 0. The number of hydrogen-bond donors (Lipinski definition) is 0. The van der Waals surface area contributed by atoms with Crippen LogP contribution >= 0.6 is 22.7 Å². The molecule has 0 fully saturated rings. The van der Waals surface area contributed by atoms with Gasteiger partial charge in [-0.05, 0) is 81.2 Å². The molecule has 6 heteroatoms. The Balaban J connectivity index is 1.21. The molecule has 0 spiro atoms. The first-order chi connectivity index (χ1) is 34.7. The van der Waals surface area contributed by atoms with Crippen LogP contribution in [0, 0.1) is 22.7 Å². The van der Waals surface area contributed by atoms with Gasteiger partial charge in [-0.15, -0.1) is 22.7 Å². The number of nitrogens with zero attached hydrogens (tertiary/aromatic N) is 4. The van der Waals surface area contributed by atoms with Crippen LogP contribution in [0.15, 0.2) is 206 Å². The molecule has 0 aliphatic rings. The SMILES string of the molecule is N#Cc1c(-c2ccc3ccccc3c2)c(C#N)c(-n2c3ccccc3c3c4sc5ccccc5c4ccc32)c(-c2ccc3ccccc3c2)c1-n1c2ccccc2c2c3sc4ccccc4c3ccc21. The Morgan fingerprint density at radius 3 is 1.20 bits per heavy atom. The maximum atomic E-state index is 12.1. The van der Waals surface area contributed by atoms with Gasteiger partial charge in [0.05, 0.1) is 44.6 Å². The van der Waals surface area contributed by atoms with Crippen LogP contribution in [-0.2, 0) is 0 Å². The van der Waals surface area contributed by atoms with Crippen LogP contribution in [0.25, 0.3) is 139 Å². The van der Waals surface area contributed by atoms with Gasteiger partial charge in [0.1, 0.15) is 12.1 Å². The van der Waals surface area contributed by atoms with E-state index in [1.807, 2.05) is 34.8 Å². The first-order valence-corrected chi connectivity index (χ1v) is 25.0. The second-order valence-corrected chi connectivity index (χ2v) is 20.2. The number of aromatic nitrogens is 2. The van der Waals surface area contributed by atoms with Gasteiger partial charge < -0.3 is 9.13 Å². The van der Waals surface area contributed by atoms with Crippen molar-refractivity contribution in [3.63, 3.8) is 0 Å². The highest BCUT2D eigenvalue weighted by Gasteiger charge is 2.32. The molecule has 4 aromatic heterocycles. The van der Waals surface area contributed by atoms with E-state index < -0.39 is 0 Å². The Hall–Kier alpha value is -9.04. The summed E-state index contributed by atoms with van der Waals surface area (Å²) >= 11 is 3.63. The van der Waals surface area contributed by atoms with Crippen LogP contribution in [0.4, 0.5) is 0 Å². The van der Waals surface area contributed by atoms with Crippen LogP contribution in [0.1, 0.15) is 11.1 Å². The molecule has 0 amide bonds. The summed E-state index contributed by atoms with van der Waals surface area (Å²) < 4.78 is 9.55. The molecule has 0 bridgehead atoms. The number of benzene rings is 11. The van der Waals surface area contributed by atoms with Crippen molar-refractivity contribution in [1.82, 2.24) is 9.13 Å². The standard InChI is InChI=1S/C64H34N4S2/c65-35-49-57(41-27-25-37-13-1-3-15-39(37)33-41)50(36-66)62(68-52-22-10-6-20-48(52)60-54(68)32-30-46-44-18-8-12-24-56(44)70-64(46)60)58(42-28-26-38-14-2-4-16-40(38)34-42)61(49)67-51-21-9-5-19-47(51)59-53(67)31-29-45-43-17-7-11-23-55(43)69-63(45)59/h1-34H. The molecule has 4 heterocycles. The predicted molar refractivity (Wildman–Crippen MR) is 296 cm³/mol. The summed E-state index contributed by atoms with van der Waals surface area (Å²) in [6, 6.07) is 78.8. The number of hydrogen-bond acceptors (Lipinski definition) is 4. The average molecular weight is 923 g/mol. The fraction of sp³-hybridized carbons (Fsp3) is 0. The minimum Gasteiger partial charge on any atom is -0.307 e. The lowest BCUT2D eigenvalue weighted by atomic mass is 9.85. The van der Waals surface area contributed by atoms with Crippen molar-refractivity contribution >= 4 is 128 Å². The number of fused-ring (bicyclic) bond motifs is 16. The van der Waals surface area contributed by atoms with Crippen molar-refractivity contribution in [2.75, 3.05) is 0 Å². The minimum absolute atomic E-state index is 0.436. The topological polar surface area (TPSA) is 57.4 Å². The van der Waals surface area contributed by atoms with Crippen LogP contribution in [0.2, 0.25) is 0 Å². The quantitative estimate of drug-likeness (QED) is 0.177. The van der Waals surface area contributed by atoms with Gasteiger partial charge in [0.25, 0.3) is 0 Å². The van der Waals surface area contributed by atoms with Gasteiger partial charge in [0.15, 0.2) is 0 Å². The Morgan fingerprint density at radius 2 is 0.729 bits per heavy atom. The lowest BCUT2D eigenvalue weighted by molar-refractivity contribution is 1.12. The molecule has 0 atom stereocenters. The van der Waals surface area contributed by atoms with Crippen LogP contribution in [0.5, 0.6) is 0 Å². The molecule has 0 radical (unpaired) electrons. The maximum absolute atomic E-state index is 12.1. The fourth-order valence-corrected chi connectivity index (χ4v) is 14.1. The van der Waals surface area contributed by atoms with Gasteiger partial charge in [0, 0.05) is 73.0 Å². The van der Waals surface area contributed by atoms with E-state index in [0.717, 1.165) is 93.2 Å². The highest BCUT2D eigenvalue weighted by molar-refractivity contribution is 7.27. The van der Waals surface area contributed by atoms with Crippen molar-refractivity contribution < 1.29 is 0 Å². The van der Waals surface area contributed by atoms with E-state index in [9.17, 15) is 10.5 Å². The van der Waals surface area contributed by atoms with Gasteiger partial charge >= 0.3 is 0 Å².